The van der Waals surface area contributed by atoms with Crippen LogP contribution >= 0.6 is 11.3 Å². The Bertz CT molecular complexity index is 524. The fraction of sp³-hybridized carbons (Fsp3) is 0.400. The van der Waals surface area contributed by atoms with Crippen molar-refractivity contribution in [2.45, 2.75) is 26.3 Å². The third-order valence-electron chi connectivity index (χ3n) is 2.99. The molecule has 2 heterocycles. The molecule has 0 aromatic carbocycles. The zero-order valence-corrected chi connectivity index (χ0v) is 12.5. The van der Waals surface area contributed by atoms with E-state index in [-0.39, 0.29) is 6.04 Å². The van der Waals surface area contributed by atoms with Crippen LogP contribution in [0, 0.1) is 6.92 Å². The second kappa shape index (κ2) is 6.68. The van der Waals surface area contributed by atoms with E-state index in [0.717, 1.165) is 18.5 Å². The first-order valence-electron chi connectivity index (χ1n) is 6.53. The number of nitrogens with one attached hydrogen (secondary N) is 1. The molecule has 2 rings (SSSR count). The molecule has 2 aromatic heterocycles. The van der Waals surface area contributed by atoms with E-state index in [1.165, 1.54) is 10.4 Å². The van der Waals surface area contributed by atoms with Crippen LogP contribution in [-0.4, -0.2) is 18.6 Å². The fourth-order valence-corrected chi connectivity index (χ4v) is 2.83. The van der Waals surface area contributed by atoms with E-state index >= 15 is 0 Å². The van der Waals surface area contributed by atoms with Crippen molar-refractivity contribution >= 4 is 11.3 Å². The molecule has 0 radical (unpaired) electrons. The third-order valence-corrected chi connectivity index (χ3v) is 3.87. The summed E-state index contributed by atoms with van der Waals surface area (Å²) in [5, 5.41) is 5.78. The summed E-state index contributed by atoms with van der Waals surface area (Å²) in [6.07, 6.45) is 2.86. The van der Waals surface area contributed by atoms with Gasteiger partial charge in [0.05, 0.1) is 13.2 Å². The summed E-state index contributed by atoms with van der Waals surface area (Å²) in [7, 11) is 1.67. The van der Waals surface area contributed by atoms with Crippen LogP contribution in [0.1, 0.15) is 35.4 Å². The molecule has 1 atom stereocenters. The lowest BCUT2D eigenvalue weighted by atomic mass is 10.0. The van der Waals surface area contributed by atoms with Gasteiger partial charge in [0.25, 0.3) is 0 Å². The first kappa shape index (κ1) is 14.0. The van der Waals surface area contributed by atoms with Crippen LogP contribution in [-0.2, 0) is 0 Å². The fourth-order valence-electron chi connectivity index (χ4n) is 2.10. The van der Waals surface area contributed by atoms with Crippen molar-refractivity contribution in [2.75, 3.05) is 13.7 Å². The number of aryl methyl sites for hydroxylation is 1. The van der Waals surface area contributed by atoms with Crippen molar-refractivity contribution in [3.8, 4) is 5.88 Å². The van der Waals surface area contributed by atoms with Gasteiger partial charge in [-0.3, -0.25) is 0 Å². The van der Waals surface area contributed by atoms with Crippen LogP contribution in [0.25, 0.3) is 0 Å². The van der Waals surface area contributed by atoms with Gasteiger partial charge in [-0.05, 0) is 43.0 Å². The Labute approximate surface area is 118 Å². The summed E-state index contributed by atoms with van der Waals surface area (Å²) in [6.45, 7) is 5.27. The summed E-state index contributed by atoms with van der Waals surface area (Å²) < 4.78 is 5.39. The minimum absolute atomic E-state index is 0.147. The van der Waals surface area contributed by atoms with Crippen molar-refractivity contribution in [3.05, 3.63) is 45.8 Å². The lowest BCUT2D eigenvalue weighted by Crippen LogP contribution is -2.23. The monoisotopic (exact) mass is 276 g/mol. The molecule has 1 N–H and O–H groups in total. The smallest absolute Gasteiger partial charge is 0.218 e. The Morgan fingerprint density at radius 2 is 2.32 bits per heavy atom. The van der Waals surface area contributed by atoms with Gasteiger partial charge >= 0.3 is 0 Å². The van der Waals surface area contributed by atoms with Gasteiger partial charge < -0.3 is 10.1 Å². The average Bonchev–Trinajstić information content (AvgIpc) is 2.86. The maximum atomic E-state index is 5.39. The van der Waals surface area contributed by atoms with Crippen LogP contribution in [0.15, 0.2) is 29.8 Å². The highest BCUT2D eigenvalue weighted by Crippen LogP contribution is 2.30. The molecule has 0 spiro atoms. The van der Waals surface area contributed by atoms with Crippen LogP contribution in [0.5, 0.6) is 5.88 Å². The molecular weight excluding hydrogens is 256 g/mol. The number of hydrogen-bond acceptors (Lipinski definition) is 4. The van der Waals surface area contributed by atoms with Gasteiger partial charge in [-0.1, -0.05) is 13.0 Å². The minimum Gasteiger partial charge on any atom is -0.481 e. The van der Waals surface area contributed by atoms with Crippen molar-refractivity contribution in [3.63, 3.8) is 0 Å². The highest BCUT2D eigenvalue weighted by atomic mass is 32.1. The molecule has 102 valence electrons. The summed E-state index contributed by atoms with van der Waals surface area (Å²) in [4.78, 5) is 5.62. The number of methoxy groups -OCH3 is 1. The van der Waals surface area contributed by atoms with Crippen molar-refractivity contribution in [2.24, 2.45) is 0 Å². The van der Waals surface area contributed by atoms with E-state index in [1.807, 2.05) is 6.07 Å². The number of nitrogens with zero attached hydrogens (tertiary/aromatic N) is 1. The second-order valence-corrected chi connectivity index (χ2v) is 5.60. The zero-order valence-electron chi connectivity index (χ0n) is 11.6. The number of aromatic nitrogens is 1. The average molecular weight is 276 g/mol. The maximum absolute atomic E-state index is 5.39. The van der Waals surface area contributed by atoms with E-state index in [4.69, 9.17) is 4.74 Å². The van der Waals surface area contributed by atoms with Gasteiger partial charge in [0.15, 0.2) is 0 Å². The van der Waals surface area contributed by atoms with E-state index in [0.29, 0.717) is 5.88 Å². The summed E-state index contributed by atoms with van der Waals surface area (Å²) in [5.74, 6) is 0.694. The van der Waals surface area contributed by atoms with Crippen molar-refractivity contribution in [1.29, 1.82) is 0 Å². The largest absolute Gasteiger partial charge is 0.481 e. The normalized spacial score (nSPS) is 12.4. The predicted molar refractivity (Wildman–Crippen MR) is 80.0 cm³/mol. The molecule has 1 unspecified atom stereocenters. The lowest BCUT2D eigenvalue weighted by Gasteiger charge is -2.19. The summed E-state index contributed by atoms with van der Waals surface area (Å²) in [6, 6.07) is 6.41. The van der Waals surface area contributed by atoms with Crippen LogP contribution in [0.3, 0.4) is 0 Å². The molecule has 2 aromatic rings. The van der Waals surface area contributed by atoms with Gasteiger partial charge in [0.1, 0.15) is 0 Å². The highest BCUT2D eigenvalue weighted by Gasteiger charge is 2.19. The van der Waals surface area contributed by atoms with Crippen LogP contribution in [0.4, 0.5) is 0 Å². The third kappa shape index (κ3) is 3.33. The molecule has 0 fully saturated rings. The zero-order chi connectivity index (χ0) is 13.7. The van der Waals surface area contributed by atoms with Gasteiger partial charge in [0, 0.05) is 16.6 Å². The molecule has 4 heteroatoms. The summed E-state index contributed by atoms with van der Waals surface area (Å²) in [5.41, 5.74) is 2.37. The molecule has 19 heavy (non-hydrogen) atoms. The Morgan fingerprint density at radius 1 is 1.47 bits per heavy atom. The van der Waals surface area contributed by atoms with E-state index in [1.54, 1.807) is 24.6 Å². The van der Waals surface area contributed by atoms with Crippen LogP contribution < -0.4 is 10.1 Å². The molecule has 0 aliphatic heterocycles. The molecule has 0 aliphatic carbocycles. The van der Waals surface area contributed by atoms with Crippen LogP contribution in [0.2, 0.25) is 0 Å². The van der Waals surface area contributed by atoms with Gasteiger partial charge in [0.2, 0.25) is 5.88 Å². The number of rotatable bonds is 6. The maximum Gasteiger partial charge on any atom is 0.218 e. The molecule has 3 nitrogen and oxygen atoms in total. The Hall–Kier alpha value is -1.39. The molecular formula is C15H20N2OS. The molecule has 0 amide bonds. The SMILES string of the molecule is CCCNC(c1csc(C)c1)c1cccnc1OC. The molecule has 0 saturated carbocycles. The van der Waals surface area contributed by atoms with Gasteiger partial charge in [-0.25, -0.2) is 4.98 Å². The molecule has 0 saturated heterocycles. The van der Waals surface area contributed by atoms with Crippen molar-refractivity contribution < 1.29 is 4.74 Å². The lowest BCUT2D eigenvalue weighted by molar-refractivity contribution is 0.387. The Morgan fingerprint density at radius 3 is 2.95 bits per heavy atom. The first-order valence-corrected chi connectivity index (χ1v) is 7.41. The Balaban J connectivity index is 2.36. The first-order chi connectivity index (χ1) is 9.26. The Kier molecular flexibility index (Phi) is 4.93. The van der Waals surface area contributed by atoms with Gasteiger partial charge in [-0.2, -0.15) is 0 Å². The minimum atomic E-state index is 0.147. The van der Waals surface area contributed by atoms with Gasteiger partial charge in [-0.15, -0.1) is 11.3 Å². The number of thiophene rings is 1. The van der Waals surface area contributed by atoms with E-state index in [9.17, 15) is 0 Å². The number of ether oxygens (including phenoxy) is 1. The second-order valence-electron chi connectivity index (χ2n) is 4.48. The number of pyridine rings is 1. The predicted octanol–water partition coefficient (Wildman–Crippen LogP) is 3.55. The van der Waals surface area contributed by atoms with Crippen molar-refractivity contribution in [1.82, 2.24) is 10.3 Å². The molecule has 0 bridgehead atoms. The van der Waals surface area contributed by atoms with E-state index < -0.39 is 0 Å². The topological polar surface area (TPSA) is 34.2 Å². The summed E-state index contributed by atoms with van der Waals surface area (Å²) >= 11 is 1.77. The standard InChI is InChI=1S/C15H20N2OS/c1-4-7-16-14(12-9-11(2)19-10-12)13-6-5-8-17-15(13)18-3/h5-6,8-10,14,16H,4,7H2,1-3H3. The quantitative estimate of drug-likeness (QED) is 0.876. The highest BCUT2D eigenvalue weighted by molar-refractivity contribution is 7.10. The number of hydrogen-bond donors (Lipinski definition) is 1. The van der Waals surface area contributed by atoms with E-state index in [2.05, 4.69) is 41.7 Å². The molecule has 0 aliphatic rings.